The van der Waals surface area contributed by atoms with Crippen molar-refractivity contribution in [3.63, 3.8) is 0 Å². The van der Waals surface area contributed by atoms with Gasteiger partial charge in [-0.15, -0.1) is 5.10 Å². The van der Waals surface area contributed by atoms with Crippen molar-refractivity contribution in [1.29, 1.82) is 0 Å². The molecule has 4 rings (SSSR count). The SMILES string of the molecule is CC1CCCN(S(=O)(=O)c2ccc(C(=O)Nc3nnc(Cc4ccccc4)o3)cc2)C1. The third-order valence-corrected chi connectivity index (χ3v) is 7.14. The van der Waals surface area contributed by atoms with Crippen molar-refractivity contribution in [3.05, 3.63) is 71.6 Å². The van der Waals surface area contributed by atoms with E-state index in [0.29, 0.717) is 36.9 Å². The van der Waals surface area contributed by atoms with Gasteiger partial charge in [0.1, 0.15) is 0 Å². The molecule has 162 valence electrons. The van der Waals surface area contributed by atoms with E-state index in [4.69, 9.17) is 4.42 Å². The van der Waals surface area contributed by atoms with Gasteiger partial charge in [-0.05, 0) is 48.6 Å². The van der Waals surface area contributed by atoms with Gasteiger partial charge in [-0.2, -0.15) is 4.31 Å². The molecule has 0 spiro atoms. The molecule has 0 bridgehead atoms. The number of nitrogens with zero attached hydrogens (tertiary/aromatic N) is 3. The van der Waals surface area contributed by atoms with E-state index in [9.17, 15) is 13.2 Å². The van der Waals surface area contributed by atoms with Gasteiger partial charge < -0.3 is 4.42 Å². The fourth-order valence-electron chi connectivity index (χ4n) is 3.61. The molecule has 0 aliphatic carbocycles. The van der Waals surface area contributed by atoms with E-state index in [1.54, 1.807) is 0 Å². The molecular weight excluding hydrogens is 416 g/mol. The van der Waals surface area contributed by atoms with Crippen molar-refractivity contribution in [2.45, 2.75) is 31.1 Å². The van der Waals surface area contributed by atoms with Gasteiger partial charge in [0.2, 0.25) is 15.9 Å². The summed E-state index contributed by atoms with van der Waals surface area (Å²) in [6.07, 6.45) is 2.36. The normalized spacial score (nSPS) is 17.4. The average molecular weight is 441 g/mol. The first-order valence-corrected chi connectivity index (χ1v) is 11.6. The standard InChI is InChI=1S/C22H24N4O4S/c1-16-6-5-13-26(15-16)31(28,29)19-11-9-18(10-12-19)21(27)23-22-25-24-20(30-22)14-17-7-3-2-4-8-17/h2-4,7-12,16H,5-6,13-15H2,1H3,(H,23,25,27). The van der Waals surface area contributed by atoms with Crippen LogP contribution in [-0.4, -0.2) is 41.9 Å². The Kier molecular flexibility index (Phi) is 6.15. The molecule has 9 heteroatoms. The lowest BCUT2D eigenvalue weighted by Gasteiger charge is -2.30. The number of carbonyl (C=O) groups excluding carboxylic acids is 1. The summed E-state index contributed by atoms with van der Waals surface area (Å²) in [6.45, 7) is 3.10. The lowest BCUT2D eigenvalue weighted by atomic mass is 10.0. The number of piperidine rings is 1. The van der Waals surface area contributed by atoms with Crippen molar-refractivity contribution in [2.24, 2.45) is 5.92 Å². The molecule has 1 unspecified atom stereocenters. The maximum Gasteiger partial charge on any atom is 0.322 e. The fraction of sp³-hybridized carbons (Fsp3) is 0.318. The Bertz CT molecular complexity index is 1140. The summed E-state index contributed by atoms with van der Waals surface area (Å²) in [7, 11) is -3.56. The van der Waals surface area contributed by atoms with Gasteiger partial charge in [-0.3, -0.25) is 10.1 Å². The number of amides is 1. The second kappa shape index (κ2) is 8.99. The fourth-order valence-corrected chi connectivity index (χ4v) is 5.21. The lowest BCUT2D eigenvalue weighted by molar-refractivity contribution is 0.102. The molecule has 1 aliphatic rings. The predicted octanol–water partition coefficient (Wildman–Crippen LogP) is 3.33. The van der Waals surface area contributed by atoms with Crippen LogP contribution in [0.2, 0.25) is 0 Å². The highest BCUT2D eigenvalue weighted by Crippen LogP contribution is 2.24. The van der Waals surface area contributed by atoms with E-state index < -0.39 is 15.9 Å². The van der Waals surface area contributed by atoms with Crippen LogP contribution in [0.25, 0.3) is 0 Å². The number of rotatable bonds is 6. The molecule has 2 heterocycles. The van der Waals surface area contributed by atoms with Crippen LogP contribution in [0.5, 0.6) is 0 Å². The molecule has 1 saturated heterocycles. The summed E-state index contributed by atoms with van der Waals surface area (Å²) in [6, 6.07) is 15.5. The summed E-state index contributed by atoms with van der Waals surface area (Å²) in [5, 5.41) is 10.4. The largest absolute Gasteiger partial charge is 0.407 e. The van der Waals surface area contributed by atoms with Crippen LogP contribution in [0.4, 0.5) is 6.01 Å². The van der Waals surface area contributed by atoms with Crippen LogP contribution in [0, 0.1) is 5.92 Å². The van der Waals surface area contributed by atoms with Crippen molar-refractivity contribution in [1.82, 2.24) is 14.5 Å². The minimum absolute atomic E-state index is 0.00469. The van der Waals surface area contributed by atoms with Crippen LogP contribution in [0.1, 0.15) is 41.6 Å². The molecule has 1 aromatic heterocycles. The van der Waals surface area contributed by atoms with Gasteiger partial charge in [0.15, 0.2) is 0 Å². The number of sulfonamides is 1. The molecule has 1 N–H and O–H groups in total. The highest BCUT2D eigenvalue weighted by molar-refractivity contribution is 7.89. The molecule has 1 aliphatic heterocycles. The van der Waals surface area contributed by atoms with Crippen LogP contribution >= 0.6 is 0 Å². The number of anilines is 1. The lowest BCUT2D eigenvalue weighted by Crippen LogP contribution is -2.39. The first kappa shape index (κ1) is 21.2. The van der Waals surface area contributed by atoms with Crippen LogP contribution in [0.15, 0.2) is 63.9 Å². The van der Waals surface area contributed by atoms with E-state index in [0.717, 1.165) is 18.4 Å². The Hall–Kier alpha value is -3.04. The number of benzene rings is 2. The first-order valence-electron chi connectivity index (χ1n) is 10.2. The Morgan fingerprint density at radius 2 is 1.87 bits per heavy atom. The minimum atomic E-state index is -3.56. The summed E-state index contributed by atoms with van der Waals surface area (Å²) >= 11 is 0. The topological polar surface area (TPSA) is 105 Å². The van der Waals surface area contributed by atoms with E-state index in [1.807, 2.05) is 30.3 Å². The highest BCUT2D eigenvalue weighted by Gasteiger charge is 2.28. The molecule has 1 fully saturated rings. The van der Waals surface area contributed by atoms with Gasteiger partial charge in [0.25, 0.3) is 5.91 Å². The monoisotopic (exact) mass is 440 g/mol. The molecule has 0 radical (unpaired) electrons. The van der Waals surface area contributed by atoms with E-state index in [1.165, 1.54) is 28.6 Å². The summed E-state index contributed by atoms with van der Waals surface area (Å²) in [4.78, 5) is 12.7. The molecule has 1 amide bonds. The molecule has 3 aromatic rings. The van der Waals surface area contributed by atoms with Gasteiger partial charge >= 0.3 is 6.01 Å². The number of carbonyl (C=O) groups is 1. The highest BCUT2D eigenvalue weighted by atomic mass is 32.2. The third-order valence-electron chi connectivity index (χ3n) is 5.26. The van der Waals surface area contributed by atoms with Gasteiger partial charge in [-0.1, -0.05) is 42.4 Å². The van der Waals surface area contributed by atoms with E-state index >= 15 is 0 Å². The van der Waals surface area contributed by atoms with Gasteiger partial charge in [-0.25, -0.2) is 8.42 Å². The van der Waals surface area contributed by atoms with E-state index in [2.05, 4.69) is 22.4 Å². The smallest absolute Gasteiger partial charge is 0.322 e. The Morgan fingerprint density at radius 3 is 2.58 bits per heavy atom. The Labute approximate surface area is 181 Å². The van der Waals surface area contributed by atoms with Crippen molar-refractivity contribution < 1.29 is 17.6 Å². The molecule has 1 atom stereocenters. The molecule has 2 aromatic carbocycles. The molecule has 31 heavy (non-hydrogen) atoms. The van der Waals surface area contributed by atoms with E-state index in [-0.39, 0.29) is 10.9 Å². The summed E-state index contributed by atoms with van der Waals surface area (Å²) in [5.41, 5.74) is 1.32. The zero-order valence-electron chi connectivity index (χ0n) is 17.2. The number of hydrogen-bond donors (Lipinski definition) is 1. The zero-order valence-corrected chi connectivity index (χ0v) is 18.0. The second-order valence-electron chi connectivity index (χ2n) is 7.75. The maximum absolute atomic E-state index is 12.8. The maximum atomic E-state index is 12.8. The number of nitrogens with one attached hydrogen (secondary N) is 1. The Balaban J connectivity index is 1.41. The molecular formula is C22H24N4O4S. The Morgan fingerprint density at radius 1 is 1.13 bits per heavy atom. The molecule has 0 saturated carbocycles. The van der Waals surface area contributed by atoms with Gasteiger partial charge in [0, 0.05) is 18.7 Å². The zero-order chi connectivity index (χ0) is 21.8. The first-order chi connectivity index (χ1) is 14.9. The van der Waals surface area contributed by atoms with Crippen LogP contribution < -0.4 is 5.32 Å². The van der Waals surface area contributed by atoms with Crippen LogP contribution in [-0.2, 0) is 16.4 Å². The second-order valence-corrected chi connectivity index (χ2v) is 9.69. The van der Waals surface area contributed by atoms with Crippen molar-refractivity contribution >= 4 is 21.9 Å². The number of aromatic nitrogens is 2. The minimum Gasteiger partial charge on any atom is -0.407 e. The van der Waals surface area contributed by atoms with Crippen molar-refractivity contribution in [2.75, 3.05) is 18.4 Å². The van der Waals surface area contributed by atoms with Gasteiger partial charge in [0.05, 0.1) is 11.3 Å². The van der Waals surface area contributed by atoms with Crippen LogP contribution in [0.3, 0.4) is 0 Å². The third kappa shape index (κ3) is 5.00. The number of hydrogen-bond acceptors (Lipinski definition) is 6. The average Bonchev–Trinajstić information content (AvgIpc) is 3.21. The van der Waals surface area contributed by atoms with Crippen molar-refractivity contribution in [3.8, 4) is 0 Å². The summed E-state index contributed by atoms with van der Waals surface area (Å²) < 4.78 is 32.7. The quantitative estimate of drug-likeness (QED) is 0.630. The predicted molar refractivity (Wildman–Crippen MR) is 115 cm³/mol. The molecule has 8 nitrogen and oxygen atoms in total. The summed E-state index contributed by atoms with van der Waals surface area (Å²) in [5.74, 6) is 0.277.